The molecule has 2 bridgehead atoms. The smallest absolute Gasteiger partial charge is 0.310 e. The molecule has 3 heterocycles. The maximum Gasteiger partial charge on any atom is 0.310 e. The molecule has 1 aromatic carbocycles. The van der Waals surface area contributed by atoms with E-state index in [0.29, 0.717) is 0 Å². The fraction of sp³-hybridized carbons (Fsp3) is 0.632. The number of aliphatic hydroxyl groups excluding tert-OH is 1. The van der Waals surface area contributed by atoms with Crippen LogP contribution in [0.1, 0.15) is 17.5 Å². The first-order valence-corrected chi connectivity index (χ1v) is 8.91. The zero-order chi connectivity index (χ0) is 17.7. The van der Waals surface area contributed by atoms with Gasteiger partial charge < -0.3 is 14.6 Å². The molecule has 0 saturated carbocycles. The highest BCUT2D eigenvalue weighted by atomic mass is 16.5. The van der Waals surface area contributed by atoms with Crippen molar-refractivity contribution in [2.45, 2.75) is 43.6 Å². The van der Waals surface area contributed by atoms with E-state index < -0.39 is 0 Å². The second-order valence-corrected chi connectivity index (χ2v) is 7.38. The Kier molecular flexibility index (Phi) is 4.22. The lowest BCUT2D eigenvalue weighted by Crippen LogP contribution is -2.66. The zero-order valence-electron chi connectivity index (χ0n) is 15.0. The van der Waals surface area contributed by atoms with Crippen LogP contribution in [0.4, 0.5) is 0 Å². The number of methoxy groups -OCH3 is 2. The van der Waals surface area contributed by atoms with Crippen molar-refractivity contribution in [3.8, 4) is 5.75 Å². The van der Waals surface area contributed by atoms with E-state index in [9.17, 15) is 9.90 Å². The summed E-state index contributed by atoms with van der Waals surface area (Å²) in [5.41, 5.74) is 2.48. The lowest BCUT2D eigenvalue weighted by Gasteiger charge is -2.53. The molecule has 3 aliphatic rings. The van der Waals surface area contributed by atoms with Gasteiger partial charge in [-0.2, -0.15) is 0 Å². The summed E-state index contributed by atoms with van der Waals surface area (Å²) >= 11 is 0. The zero-order valence-corrected chi connectivity index (χ0v) is 15.0. The topological polar surface area (TPSA) is 62.2 Å². The van der Waals surface area contributed by atoms with Crippen LogP contribution >= 0.6 is 0 Å². The Morgan fingerprint density at radius 2 is 2.12 bits per heavy atom. The standard InChI is InChI=1S/C19H26N2O4/c1-20-14-8-12(19(23)25-3)18(20)15-7-11-5-4-6-17(24-2)13(11)9-21(15)16(14)10-22/h4-6,12,14-16,18,22H,7-10H2,1-3H3/t12-,14+,15+,16-,18-/m1/s1. The highest BCUT2D eigenvalue weighted by molar-refractivity contribution is 5.74. The van der Waals surface area contributed by atoms with Crippen LogP contribution in [-0.2, 0) is 22.5 Å². The van der Waals surface area contributed by atoms with Gasteiger partial charge in [0.1, 0.15) is 5.75 Å². The van der Waals surface area contributed by atoms with Gasteiger partial charge in [0.15, 0.2) is 0 Å². The lowest BCUT2D eigenvalue weighted by atomic mass is 9.84. The molecule has 4 rings (SSSR count). The van der Waals surface area contributed by atoms with Gasteiger partial charge in [0, 0.05) is 36.3 Å². The van der Waals surface area contributed by atoms with Crippen molar-refractivity contribution in [2.75, 3.05) is 27.9 Å². The number of carbonyl (C=O) groups excluding carboxylic acids is 1. The molecule has 2 fully saturated rings. The second-order valence-electron chi connectivity index (χ2n) is 7.38. The number of hydrogen-bond acceptors (Lipinski definition) is 6. The average Bonchev–Trinajstić information content (AvgIpc) is 2.89. The van der Waals surface area contributed by atoms with Crippen LogP contribution in [0.5, 0.6) is 5.75 Å². The number of likely N-dealkylation sites (N-methyl/N-ethyl adjacent to an activating group) is 1. The minimum atomic E-state index is -0.130. The molecule has 0 aliphatic carbocycles. The van der Waals surface area contributed by atoms with E-state index in [-0.39, 0.29) is 42.7 Å². The van der Waals surface area contributed by atoms with Crippen LogP contribution in [0, 0.1) is 5.92 Å². The number of benzene rings is 1. The van der Waals surface area contributed by atoms with Crippen molar-refractivity contribution in [3.63, 3.8) is 0 Å². The molecule has 1 aromatic rings. The first kappa shape index (κ1) is 16.8. The molecular formula is C19H26N2O4. The van der Waals surface area contributed by atoms with Gasteiger partial charge >= 0.3 is 5.97 Å². The first-order valence-electron chi connectivity index (χ1n) is 8.91. The molecule has 0 radical (unpaired) electrons. The molecule has 3 aliphatic heterocycles. The van der Waals surface area contributed by atoms with Crippen molar-refractivity contribution < 1.29 is 19.4 Å². The van der Waals surface area contributed by atoms with E-state index in [0.717, 1.165) is 25.1 Å². The van der Waals surface area contributed by atoms with Crippen molar-refractivity contribution in [2.24, 2.45) is 5.92 Å². The number of nitrogens with zero attached hydrogens (tertiary/aromatic N) is 2. The third kappa shape index (κ3) is 2.39. The normalized spacial score (nSPS) is 34.3. The number of carbonyl (C=O) groups is 1. The highest BCUT2D eigenvalue weighted by Crippen LogP contribution is 2.45. The predicted molar refractivity (Wildman–Crippen MR) is 92.4 cm³/mol. The van der Waals surface area contributed by atoms with Crippen LogP contribution in [-0.4, -0.2) is 72.9 Å². The number of hydrogen-bond donors (Lipinski definition) is 1. The molecule has 6 nitrogen and oxygen atoms in total. The van der Waals surface area contributed by atoms with Gasteiger partial charge in [0.25, 0.3) is 0 Å². The summed E-state index contributed by atoms with van der Waals surface area (Å²) in [6.07, 6.45) is 1.61. The molecule has 136 valence electrons. The van der Waals surface area contributed by atoms with Gasteiger partial charge in [-0.25, -0.2) is 0 Å². The quantitative estimate of drug-likeness (QED) is 0.812. The summed E-state index contributed by atoms with van der Waals surface area (Å²) in [5.74, 6) is 0.647. The Hall–Kier alpha value is -1.63. The minimum absolute atomic E-state index is 0.0268. The van der Waals surface area contributed by atoms with Crippen molar-refractivity contribution in [1.82, 2.24) is 9.80 Å². The number of aliphatic hydroxyl groups is 1. The van der Waals surface area contributed by atoms with Crippen molar-refractivity contribution in [1.29, 1.82) is 0 Å². The number of esters is 1. The summed E-state index contributed by atoms with van der Waals surface area (Å²) in [5, 5.41) is 10.1. The number of rotatable bonds is 3. The van der Waals surface area contributed by atoms with Gasteiger partial charge in [-0.05, 0) is 31.5 Å². The number of ether oxygens (including phenoxy) is 2. The van der Waals surface area contributed by atoms with E-state index in [4.69, 9.17) is 9.47 Å². The van der Waals surface area contributed by atoms with E-state index in [1.165, 1.54) is 18.2 Å². The van der Waals surface area contributed by atoms with Crippen LogP contribution in [0.25, 0.3) is 0 Å². The van der Waals surface area contributed by atoms with E-state index in [2.05, 4.69) is 22.9 Å². The third-order valence-corrected chi connectivity index (χ3v) is 6.50. The Morgan fingerprint density at radius 3 is 2.80 bits per heavy atom. The molecule has 2 saturated heterocycles. The molecular weight excluding hydrogens is 320 g/mol. The lowest BCUT2D eigenvalue weighted by molar-refractivity contribution is -0.147. The SMILES string of the molecule is COC(=O)[C@@H]1C[C@H]2[C@@H](CO)N3Cc4c(cccc4OC)C[C@H]3[C@@H]1N2C. The molecule has 0 spiro atoms. The first-order chi connectivity index (χ1) is 12.1. The summed E-state index contributed by atoms with van der Waals surface area (Å²) in [7, 11) is 5.25. The molecule has 25 heavy (non-hydrogen) atoms. The van der Waals surface area contributed by atoms with Gasteiger partial charge in [0.2, 0.25) is 0 Å². The monoisotopic (exact) mass is 346 g/mol. The van der Waals surface area contributed by atoms with Gasteiger partial charge in [-0.3, -0.25) is 14.6 Å². The maximum atomic E-state index is 12.4. The minimum Gasteiger partial charge on any atom is -0.496 e. The predicted octanol–water partition coefficient (Wildman–Crippen LogP) is 0.658. The van der Waals surface area contributed by atoms with E-state index in [1.54, 1.807) is 7.11 Å². The van der Waals surface area contributed by atoms with E-state index in [1.807, 2.05) is 12.1 Å². The fourth-order valence-corrected chi connectivity index (χ4v) is 5.37. The molecule has 0 aromatic heterocycles. The molecule has 1 N–H and O–H groups in total. The summed E-state index contributed by atoms with van der Waals surface area (Å²) < 4.78 is 10.6. The molecule has 6 heteroatoms. The number of fused-ring (bicyclic) bond motifs is 5. The number of piperazine rings is 1. The third-order valence-electron chi connectivity index (χ3n) is 6.50. The maximum absolute atomic E-state index is 12.4. The second kappa shape index (κ2) is 6.27. The fourth-order valence-electron chi connectivity index (χ4n) is 5.37. The van der Waals surface area contributed by atoms with Gasteiger partial charge in [-0.15, -0.1) is 0 Å². The largest absolute Gasteiger partial charge is 0.496 e. The average molecular weight is 346 g/mol. The summed E-state index contributed by atoms with van der Waals surface area (Å²) in [4.78, 5) is 17.1. The van der Waals surface area contributed by atoms with Crippen LogP contribution in [0.3, 0.4) is 0 Å². The van der Waals surface area contributed by atoms with Crippen LogP contribution < -0.4 is 4.74 Å². The van der Waals surface area contributed by atoms with Crippen molar-refractivity contribution >= 4 is 5.97 Å². The Labute approximate surface area is 148 Å². The molecule has 0 amide bonds. The van der Waals surface area contributed by atoms with E-state index >= 15 is 0 Å². The van der Waals surface area contributed by atoms with Crippen molar-refractivity contribution in [3.05, 3.63) is 29.3 Å². The Morgan fingerprint density at radius 1 is 1.32 bits per heavy atom. The highest BCUT2D eigenvalue weighted by Gasteiger charge is 2.57. The van der Waals surface area contributed by atoms with Gasteiger partial charge in [0.05, 0.1) is 26.7 Å². The Bertz CT molecular complexity index is 679. The van der Waals surface area contributed by atoms with Crippen LogP contribution in [0.2, 0.25) is 0 Å². The Balaban J connectivity index is 1.75. The molecule has 5 atom stereocenters. The molecule has 0 unspecified atom stereocenters. The van der Waals surface area contributed by atoms with Crippen LogP contribution in [0.15, 0.2) is 18.2 Å². The van der Waals surface area contributed by atoms with Gasteiger partial charge in [-0.1, -0.05) is 12.1 Å². The summed E-state index contributed by atoms with van der Waals surface area (Å²) in [6.45, 7) is 0.848. The summed E-state index contributed by atoms with van der Waals surface area (Å²) in [6, 6.07) is 6.69.